The summed E-state index contributed by atoms with van der Waals surface area (Å²) in [6.45, 7) is 2.08. The topological polar surface area (TPSA) is 72.4 Å². The zero-order valence-electron chi connectivity index (χ0n) is 8.47. The van der Waals surface area contributed by atoms with Crippen LogP contribution in [0.25, 0.3) is 0 Å². The Kier molecular flexibility index (Phi) is 2.66. The van der Waals surface area contributed by atoms with E-state index in [1.165, 1.54) is 10.6 Å². The van der Waals surface area contributed by atoms with Crippen molar-refractivity contribution in [1.29, 1.82) is 0 Å². The summed E-state index contributed by atoms with van der Waals surface area (Å²) in [4.78, 5) is 21.9. The highest BCUT2D eigenvalue weighted by molar-refractivity contribution is 7.07. The molecule has 0 spiro atoms. The van der Waals surface area contributed by atoms with Gasteiger partial charge in [0.2, 0.25) is 5.76 Å². The van der Waals surface area contributed by atoms with Crippen LogP contribution in [-0.2, 0) is 6.54 Å². The Morgan fingerprint density at radius 2 is 2.31 bits per heavy atom. The Bertz CT molecular complexity index is 578. The summed E-state index contributed by atoms with van der Waals surface area (Å²) in [5, 5.41) is 10.4. The molecule has 0 aliphatic rings. The third-order valence-electron chi connectivity index (χ3n) is 2.16. The lowest BCUT2D eigenvalue weighted by Gasteiger charge is -2.00. The number of aryl methyl sites for hydroxylation is 1. The van der Waals surface area contributed by atoms with Crippen molar-refractivity contribution in [3.63, 3.8) is 0 Å². The first kappa shape index (κ1) is 10.7. The third kappa shape index (κ3) is 1.92. The number of carboxylic acids is 1. The fourth-order valence-corrected chi connectivity index (χ4v) is 2.06. The quantitative estimate of drug-likeness (QED) is 0.882. The molecule has 6 heteroatoms. The van der Waals surface area contributed by atoms with Crippen LogP contribution in [0.4, 0.5) is 0 Å². The monoisotopic (exact) mass is 239 g/mol. The van der Waals surface area contributed by atoms with E-state index in [-0.39, 0.29) is 17.2 Å². The molecule has 0 aliphatic heterocycles. The van der Waals surface area contributed by atoms with Gasteiger partial charge in [-0.05, 0) is 19.1 Å². The van der Waals surface area contributed by atoms with Crippen LogP contribution in [0.2, 0.25) is 0 Å². The fraction of sp³-hybridized carbons (Fsp3) is 0.200. The number of furan rings is 1. The summed E-state index contributed by atoms with van der Waals surface area (Å²) in [5.41, 5.74) is 0.836. The molecule has 84 valence electrons. The smallest absolute Gasteiger partial charge is 0.371 e. The zero-order chi connectivity index (χ0) is 11.7. The molecule has 2 heterocycles. The minimum atomic E-state index is -1.11. The van der Waals surface area contributed by atoms with E-state index >= 15 is 0 Å². The van der Waals surface area contributed by atoms with Crippen molar-refractivity contribution >= 4 is 17.3 Å². The number of hydrogen-bond donors (Lipinski definition) is 1. The van der Waals surface area contributed by atoms with E-state index < -0.39 is 5.97 Å². The Labute approximate surface area is 94.6 Å². The molecule has 0 saturated carbocycles. The summed E-state index contributed by atoms with van der Waals surface area (Å²) in [7, 11) is 0. The lowest BCUT2D eigenvalue weighted by molar-refractivity contribution is 0.0660. The maximum absolute atomic E-state index is 11.4. The van der Waals surface area contributed by atoms with Crippen molar-refractivity contribution in [1.82, 2.24) is 4.57 Å². The van der Waals surface area contributed by atoms with Crippen LogP contribution in [0.1, 0.15) is 22.0 Å². The highest BCUT2D eigenvalue weighted by Crippen LogP contribution is 2.10. The molecule has 2 aromatic rings. The van der Waals surface area contributed by atoms with Gasteiger partial charge in [-0.1, -0.05) is 11.3 Å². The molecule has 0 saturated heterocycles. The number of aromatic nitrogens is 1. The standard InChI is InChI=1S/C10H9NO4S/c1-6-5-16-10(14)11(6)4-7-2-3-8(15-7)9(12)13/h2-3,5H,4H2,1H3,(H,12,13). The predicted molar refractivity (Wildman–Crippen MR) is 58.1 cm³/mol. The Balaban J connectivity index is 2.27. The Morgan fingerprint density at radius 1 is 1.56 bits per heavy atom. The van der Waals surface area contributed by atoms with Crippen LogP contribution in [0.3, 0.4) is 0 Å². The van der Waals surface area contributed by atoms with Gasteiger partial charge in [-0.15, -0.1) is 0 Å². The van der Waals surface area contributed by atoms with Crippen molar-refractivity contribution in [2.45, 2.75) is 13.5 Å². The van der Waals surface area contributed by atoms with E-state index in [9.17, 15) is 9.59 Å². The molecule has 16 heavy (non-hydrogen) atoms. The van der Waals surface area contributed by atoms with Gasteiger partial charge in [0.15, 0.2) is 0 Å². The number of hydrogen-bond acceptors (Lipinski definition) is 4. The highest BCUT2D eigenvalue weighted by atomic mass is 32.1. The first-order valence-corrected chi connectivity index (χ1v) is 5.43. The minimum Gasteiger partial charge on any atom is -0.475 e. The number of aromatic carboxylic acids is 1. The van der Waals surface area contributed by atoms with Crippen LogP contribution in [0.5, 0.6) is 0 Å². The molecule has 0 bridgehead atoms. The number of nitrogens with zero attached hydrogens (tertiary/aromatic N) is 1. The molecule has 0 unspecified atom stereocenters. The Morgan fingerprint density at radius 3 is 2.81 bits per heavy atom. The summed E-state index contributed by atoms with van der Waals surface area (Å²) in [6, 6.07) is 2.94. The van der Waals surface area contributed by atoms with Gasteiger partial charge < -0.3 is 9.52 Å². The van der Waals surface area contributed by atoms with Crippen LogP contribution < -0.4 is 4.87 Å². The normalized spacial score (nSPS) is 10.6. The van der Waals surface area contributed by atoms with Crippen molar-refractivity contribution in [2.75, 3.05) is 0 Å². The third-order valence-corrected chi connectivity index (χ3v) is 3.04. The maximum Gasteiger partial charge on any atom is 0.371 e. The van der Waals surface area contributed by atoms with Gasteiger partial charge in [-0.3, -0.25) is 9.36 Å². The van der Waals surface area contributed by atoms with Gasteiger partial charge in [-0.2, -0.15) is 0 Å². The van der Waals surface area contributed by atoms with E-state index in [0.29, 0.717) is 5.76 Å². The molecule has 0 amide bonds. The van der Waals surface area contributed by atoms with Crippen LogP contribution in [0.15, 0.2) is 26.7 Å². The van der Waals surface area contributed by atoms with E-state index in [1.807, 2.05) is 6.92 Å². The summed E-state index contributed by atoms with van der Waals surface area (Å²) >= 11 is 1.11. The Hall–Kier alpha value is -1.82. The van der Waals surface area contributed by atoms with Gasteiger partial charge in [-0.25, -0.2) is 4.79 Å². The molecule has 5 nitrogen and oxygen atoms in total. The summed E-state index contributed by atoms with van der Waals surface area (Å²) in [6.07, 6.45) is 0. The molecule has 2 aromatic heterocycles. The maximum atomic E-state index is 11.4. The second kappa shape index (κ2) is 3.97. The van der Waals surface area contributed by atoms with E-state index in [4.69, 9.17) is 9.52 Å². The number of rotatable bonds is 3. The number of thiazole rings is 1. The van der Waals surface area contributed by atoms with Crippen LogP contribution in [0, 0.1) is 6.92 Å². The van der Waals surface area contributed by atoms with E-state index in [0.717, 1.165) is 17.0 Å². The zero-order valence-corrected chi connectivity index (χ0v) is 9.28. The van der Waals surface area contributed by atoms with Crippen molar-refractivity contribution in [2.24, 2.45) is 0 Å². The lowest BCUT2D eigenvalue weighted by Crippen LogP contribution is -2.14. The molecule has 0 aliphatic carbocycles. The molecule has 0 fully saturated rings. The van der Waals surface area contributed by atoms with Crippen molar-refractivity contribution in [3.8, 4) is 0 Å². The van der Waals surface area contributed by atoms with E-state index in [1.54, 1.807) is 11.4 Å². The SMILES string of the molecule is Cc1csc(=O)n1Cc1ccc(C(=O)O)o1. The van der Waals surface area contributed by atoms with Gasteiger partial charge in [0.05, 0.1) is 6.54 Å². The van der Waals surface area contributed by atoms with Crippen LogP contribution in [-0.4, -0.2) is 15.6 Å². The number of carbonyl (C=O) groups is 1. The first-order valence-electron chi connectivity index (χ1n) is 4.55. The minimum absolute atomic E-state index is 0.0780. The van der Waals surface area contributed by atoms with Crippen molar-refractivity contribution < 1.29 is 14.3 Å². The molecule has 1 N–H and O–H groups in total. The summed E-state index contributed by atoms with van der Waals surface area (Å²) in [5.74, 6) is -0.766. The van der Waals surface area contributed by atoms with Crippen molar-refractivity contribution in [3.05, 3.63) is 44.4 Å². The van der Waals surface area contributed by atoms with E-state index in [2.05, 4.69) is 0 Å². The van der Waals surface area contributed by atoms with Crippen LogP contribution >= 0.6 is 11.3 Å². The van der Waals surface area contributed by atoms with Gasteiger partial charge in [0.25, 0.3) is 0 Å². The molecular weight excluding hydrogens is 230 g/mol. The second-order valence-corrected chi connectivity index (χ2v) is 4.12. The predicted octanol–water partition coefficient (Wildman–Crippen LogP) is 1.56. The average Bonchev–Trinajstić information content (AvgIpc) is 2.80. The average molecular weight is 239 g/mol. The van der Waals surface area contributed by atoms with Gasteiger partial charge in [0.1, 0.15) is 5.76 Å². The van der Waals surface area contributed by atoms with Gasteiger partial charge in [0, 0.05) is 11.1 Å². The molecule has 0 atom stereocenters. The summed E-state index contributed by atoms with van der Waals surface area (Å²) < 4.78 is 6.61. The number of carboxylic acid groups (broad SMARTS) is 1. The second-order valence-electron chi connectivity index (χ2n) is 3.30. The largest absolute Gasteiger partial charge is 0.475 e. The lowest BCUT2D eigenvalue weighted by atomic mass is 10.4. The molecule has 2 rings (SSSR count). The molecule has 0 aromatic carbocycles. The molecular formula is C10H9NO4S. The van der Waals surface area contributed by atoms with Gasteiger partial charge >= 0.3 is 10.8 Å². The molecule has 0 radical (unpaired) electrons. The first-order chi connectivity index (χ1) is 7.58. The fourth-order valence-electron chi connectivity index (χ4n) is 1.33. The highest BCUT2D eigenvalue weighted by Gasteiger charge is 2.10.